The van der Waals surface area contributed by atoms with Crippen LogP contribution in [0.5, 0.6) is 0 Å². The normalized spacial score (nSPS) is 11.6. The molecule has 4 N–H and O–H groups in total. The lowest BCUT2D eigenvalue weighted by Gasteiger charge is -2.18. The number of hydrogen-bond donors (Lipinski definition) is 3. The molecule has 4 aromatic rings. The molecule has 1 atom stereocenters. The minimum absolute atomic E-state index is 0.0988. The van der Waals surface area contributed by atoms with Crippen LogP contribution < -0.4 is 21.9 Å². The lowest BCUT2D eigenvalue weighted by molar-refractivity contribution is 0.102. The van der Waals surface area contributed by atoms with Gasteiger partial charge >= 0.3 is 0 Å². The second-order valence-electron chi connectivity index (χ2n) is 7.91. The fourth-order valence-electron chi connectivity index (χ4n) is 3.58. The first-order valence-electron chi connectivity index (χ1n) is 10.9. The number of anilines is 2. The van der Waals surface area contributed by atoms with E-state index in [2.05, 4.69) is 20.6 Å². The molecule has 0 aliphatic carbocycles. The average molecular weight is 455 g/mol. The summed E-state index contributed by atoms with van der Waals surface area (Å²) in [7, 11) is 1.61. The van der Waals surface area contributed by atoms with Gasteiger partial charge in [-0.15, -0.1) is 0 Å². The van der Waals surface area contributed by atoms with Crippen molar-refractivity contribution in [2.24, 2.45) is 12.8 Å². The number of rotatable bonds is 8. The Morgan fingerprint density at radius 3 is 2.32 bits per heavy atom. The van der Waals surface area contributed by atoms with Crippen LogP contribution in [-0.2, 0) is 13.5 Å². The number of amides is 1. The fraction of sp³-hybridized carbons (Fsp3) is 0.154. The molecule has 0 unspecified atom stereocenters. The third kappa shape index (κ3) is 5.36. The van der Waals surface area contributed by atoms with E-state index in [-0.39, 0.29) is 23.2 Å². The third-order valence-corrected chi connectivity index (χ3v) is 5.38. The summed E-state index contributed by atoms with van der Waals surface area (Å²) in [4.78, 5) is 34.8. The van der Waals surface area contributed by atoms with Crippen molar-refractivity contribution in [2.75, 3.05) is 17.2 Å². The molecular weight excluding hydrogens is 428 g/mol. The van der Waals surface area contributed by atoms with Crippen LogP contribution in [0.3, 0.4) is 0 Å². The first-order valence-corrected chi connectivity index (χ1v) is 10.9. The number of nitrogens with zero attached hydrogens (tertiary/aromatic N) is 3. The summed E-state index contributed by atoms with van der Waals surface area (Å²) in [6.45, 7) is 0.417. The van der Waals surface area contributed by atoms with Crippen LogP contribution in [0.25, 0.3) is 11.3 Å². The molecule has 1 amide bonds. The Labute approximate surface area is 197 Å². The number of hydrogen-bond acceptors (Lipinski definition) is 6. The van der Waals surface area contributed by atoms with Crippen LogP contribution in [0, 0.1) is 0 Å². The van der Waals surface area contributed by atoms with E-state index < -0.39 is 0 Å². The lowest BCUT2D eigenvalue weighted by Crippen LogP contribution is -2.34. The molecule has 0 bridgehead atoms. The van der Waals surface area contributed by atoms with Crippen LogP contribution in [0.1, 0.15) is 15.9 Å². The average Bonchev–Trinajstić information content (AvgIpc) is 2.88. The SMILES string of the molecule is Cn1c(NC[C@H](N)Cc2ccccc2)nc(-c2ccncc2)c(NC(=O)c2ccccc2)c1=O. The molecule has 0 spiro atoms. The molecule has 0 fully saturated rings. The molecule has 8 heteroatoms. The highest BCUT2D eigenvalue weighted by Crippen LogP contribution is 2.24. The van der Waals surface area contributed by atoms with E-state index in [1.54, 1.807) is 55.8 Å². The standard InChI is InChI=1S/C26H26N6O2/c1-32-25(34)23(30-24(33)20-10-6-3-7-11-20)22(19-12-14-28-15-13-19)31-26(32)29-17-21(27)16-18-8-4-2-5-9-18/h2-15,21H,16-17,27H2,1H3,(H,29,31)(H,30,33)/t21-/m1/s1. The van der Waals surface area contributed by atoms with Gasteiger partial charge in [0.2, 0.25) is 5.95 Å². The van der Waals surface area contributed by atoms with Gasteiger partial charge in [0.05, 0.1) is 0 Å². The Morgan fingerprint density at radius 2 is 1.65 bits per heavy atom. The molecule has 0 aliphatic heterocycles. The molecule has 2 heterocycles. The number of aromatic nitrogens is 3. The first kappa shape index (κ1) is 22.9. The highest BCUT2D eigenvalue weighted by molar-refractivity contribution is 6.05. The predicted octanol–water partition coefficient (Wildman–Crippen LogP) is 3.08. The highest BCUT2D eigenvalue weighted by atomic mass is 16.2. The summed E-state index contributed by atoms with van der Waals surface area (Å²) >= 11 is 0. The molecule has 8 nitrogen and oxygen atoms in total. The van der Waals surface area contributed by atoms with Crippen molar-refractivity contribution in [3.63, 3.8) is 0 Å². The van der Waals surface area contributed by atoms with Crippen molar-refractivity contribution in [3.8, 4) is 11.3 Å². The Bertz CT molecular complexity index is 1310. The fourth-order valence-corrected chi connectivity index (χ4v) is 3.58. The van der Waals surface area contributed by atoms with Crippen LogP contribution in [0.15, 0.2) is 90.0 Å². The topological polar surface area (TPSA) is 115 Å². The van der Waals surface area contributed by atoms with Gasteiger partial charge in [0.15, 0.2) is 0 Å². The zero-order valence-electron chi connectivity index (χ0n) is 18.8. The van der Waals surface area contributed by atoms with E-state index in [0.717, 1.165) is 5.56 Å². The molecule has 2 aromatic carbocycles. The summed E-state index contributed by atoms with van der Waals surface area (Å²) in [5.74, 6) is -0.0292. The number of carbonyl (C=O) groups is 1. The molecule has 0 saturated heterocycles. The van der Waals surface area contributed by atoms with Gasteiger partial charge < -0.3 is 16.4 Å². The Kier molecular flexibility index (Phi) is 7.10. The summed E-state index contributed by atoms with van der Waals surface area (Å²) in [5, 5.41) is 5.95. The summed E-state index contributed by atoms with van der Waals surface area (Å²) in [5.41, 5.74) is 8.62. The minimum Gasteiger partial charge on any atom is -0.354 e. The van der Waals surface area contributed by atoms with Crippen LogP contribution in [0.4, 0.5) is 11.6 Å². The van der Waals surface area contributed by atoms with Crippen molar-refractivity contribution in [3.05, 3.63) is 107 Å². The maximum atomic E-state index is 13.3. The van der Waals surface area contributed by atoms with E-state index in [1.165, 1.54) is 4.57 Å². The number of nitrogens with two attached hydrogens (primary N) is 1. The Balaban J connectivity index is 1.63. The van der Waals surface area contributed by atoms with Crippen molar-refractivity contribution in [2.45, 2.75) is 12.5 Å². The van der Waals surface area contributed by atoms with Crippen molar-refractivity contribution in [1.82, 2.24) is 14.5 Å². The van der Waals surface area contributed by atoms with E-state index in [1.807, 2.05) is 36.4 Å². The summed E-state index contributed by atoms with van der Waals surface area (Å²) in [6, 6.07) is 22.0. The molecule has 2 aromatic heterocycles. The van der Waals surface area contributed by atoms with Crippen LogP contribution >= 0.6 is 0 Å². The van der Waals surface area contributed by atoms with Gasteiger partial charge in [-0.2, -0.15) is 0 Å². The molecular formula is C26H26N6O2. The second-order valence-corrected chi connectivity index (χ2v) is 7.91. The Morgan fingerprint density at radius 1 is 1.00 bits per heavy atom. The zero-order chi connectivity index (χ0) is 23.9. The predicted molar refractivity (Wildman–Crippen MR) is 134 cm³/mol. The molecule has 34 heavy (non-hydrogen) atoms. The zero-order valence-corrected chi connectivity index (χ0v) is 18.8. The van der Waals surface area contributed by atoms with Crippen molar-refractivity contribution >= 4 is 17.5 Å². The quantitative estimate of drug-likeness (QED) is 0.377. The molecule has 0 aliphatic rings. The summed E-state index contributed by atoms with van der Waals surface area (Å²) < 4.78 is 1.38. The first-order chi connectivity index (χ1) is 16.5. The second kappa shape index (κ2) is 10.5. The van der Waals surface area contributed by atoms with E-state index >= 15 is 0 Å². The Hall–Kier alpha value is -4.30. The van der Waals surface area contributed by atoms with Crippen LogP contribution in [0.2, 0.25) is 0 Å². The lowest BCUT2D eigenvalue weighted by atomic mass is 10.1. The highest BCUT2D eigenvalue weighted by Gasteiger charge is 2.19. The maximum Gasteiger partial charge on any atom is 0.279 e. The number of pyridine rings is 1. The van der Waals surface area contributed by atoms with Gasteiger partial charge in [-0.25, -0.2) is 4.98 Å². The smallest absolute Gasteiger partial charge is 0.279 e. The van der Waals surface area contributed by atoms with E-state index in [4.69, 9.17) is 5.73 Å². The summed E-state index contributed by atoms with van der Waals surface area (Å²) in [6.07, 6.45) is 3.91. The number of nitrogens with one attached hydrogen (secondary N) is 2. The van der Waals surface area contributed by atoms with Crippen LogP contribution in [-0.4, -0.2) is 33.0 Å². The van der Waals surface area contributed by atoms with Gasteiger partial charge in [-0.1, -0.05) is 48.5 Å². The van der Waals surface area contributed by atoms with E-state index in [0.29, 0.717) is 35.7 Å². The van der Waals surface area contributed by atoms with Crippen molar-refractivity contribution in [1.29, 1.82) is 0 Å². The maximum absolute atomic E-state index is 13.3. The van der Waals surface area contributed by atoms with Gasteiger partial charge in [-0.3, -0.25) is 19.1 Å². The monoisotopic (exact) mass is 454 g/mol. The minimum atomic E-state index is -0.389. The third-order valence-electron chi connectivity index (χ3n) is 5.38. The molecule has 172 valence electrons. The largest absolute Gasteiger partial charge is 0.354 e. The molecule has 4 rings (SSSR count). The van der Waals surface area contributed by atoms with Crippen molar-refractivity contribution < 1.29 is 4.79 Å². The van der Waals surface area contributed by atoms with Gasteiger partial charge in [-0.05, 0) is 36.2 Å². The van der Waals surface area contributed by atoms with Gasteiger partial charge in [0, 0.05) is 43.2 Å². The van der Waals surface area contributed by atoms with Gasteiger partial charge in [0.1, 0.15) is 11.4 Å². The number of carbonyl (C=O) groups excluding carboxylic acids is 1. The van der Waals surface area contributed by atoms with Gasteiger partial charge in [0.25, 0.3) is 11.5 Å². The van der Waals surface area contributed by atoms with E-state index in [9.17, 15) is 9.59 Å². The number of benzene rings is 2. The molecule has 0 radical (unpaired) electrons. The molecule has 0 saturated carbocycles.